The maximum atomic E-state index is 14.1. The van der Waals surface area contributed by atoms with Crippen LogP contribution in [-0.2, 0) is 13.0 Å². The molecule has 0 saturated heterocycles. The fourth-order valence-electron chi connectivity index (χ4n) is 3.89. The first-order chi connectivity index (χ1) is 14.9. The van der Waals surface area contributed by atoms with E-state index in [2.05, 4.69) is 15.0 Å². The molecule has 31 heavy (non-hydrogen) atoms. The molecular formula is C23H25FN6O. The van der Waals surface area contributed by atoms with Crippen LogP contribution in [0.15, 0.2) is 47.4 Å². The molecule has 2 aromatic heterocycles. The lowest BCUT2D eigenvalue weighted by atomic mass is 9.97. The Kier molecular flexibility index (Phi) is 5.46. The van der Waals surface area contributed by atoms with Crippen molar-refractivity contribution in [2.45, 2.75) is 32.9 Å². The number of rotatable bonds is 2. The first-order valence-corrected chi connectivity index (χ1v) is 10.1. The number of hydrogen-bond donors (Lipinski definition) is 2. The number of aryl methyl sites for hydroxylation is 1. The quantitative estimate of drug-likeness (QED) is 0.615. The molecule has 2 bridgehead atoms. The van der Waals surface area contributed by atoms with Gasteiger partial charge in [0.1, 0.15) is 11.9 Å². The van der Waals surface area contributed by atoms with Gasteiger partial charge in [0.15, 0.2) is 11.6 Å². The number of aliphatic imine (C=N–C) groups is 1. The number of ether oxygens (including phenoxy) is 1. The molecular weight excluding hydrogens is 395 g/mol. The molecule has 160 valence electrons. The Bertz CT molecular complexity index is 1200. The van der Waals surface area contributed by atoms with E-state index < -0.39 is 6.10 Å². The van der Waals surface area contributed by atoms with E-state index in [1.807, 2.05) is 24.5 Å². The molecule has 1 aliphatic rings. The van der Waals surface area contributed by atoms with Crippen LogP contribution < -0.4 is 16.2 Å². The van der Waals surface area contributed by atoms with E-state index in [0.29, 0.717) is 29.1 Å². The monoisotopic (exact) mass is 420 g/mol. The largest absolute Gasteiger partial charge is 0.482 e. The summed E-state index contributed by atoms with van der Waals surface area (Å²) in [5.74, 6) is 0.315. The highest BCUT2D eigenvalue weighted by Crippen LogP contribution is 2.35. The van der Waals surface area contributed by atoms with Crippen LogP contribution in [0.25, 0.3) is 17.0 Å². The van der Waals surface area contributed by atoms with Gasteiger partial charge in [-0.3, -0.25) is 4.99 Å². The van der Waals surface area contributed by atoms with Crippen LogP contribution in [0.5, 0.6) is 5.75 Å². The SMILES string of the molecule is CCc1ncn2c1-c1cnc(N)c(c1)O[C@H](C)c1cc(F)ccc1C(N)=C(C=NC)C2. The summed E-state index contributed by atoms with van der Waals surface area (Å²) in [5.41, 5.74) is 18.0. The number of aromatic nitrogens is 3. The van der Waals surface area contributed by atoms with Crippen molar-refractivity contribution in [3.63, 3.8) is 0 Å². The van der Waals surface area contributed by atoms with Gasteiger partial charge in [-0.25, -0.2) is 14.4 Å². The molecule has 1 atom stereocenters. The highest BCUT2D eigenvalue weighted by molar-refractivity contribution is 5.90. The number of halogens is 1. The zero-order chi connectivity index (χ0) is 22.1. The molecule has 0 amide bonds. The molecule has 0 radical (unpaired) electrons. The lowest BCUT2D eigenvalue weighted by molar-refractivity contribution is 0.227. The Morgan fingerprint density at radius 1 is 1.29 bits per heavy atom. The van der Waals surface area contributed by atoms with Gasteiger partial charge in [0.25, 0.3) is 0 Å². The molecule has 0 unspecified atom stereocenters. The third kappa shape index (κ3) is 3.76. The molecule has 1 aliphatic heterocycles. The molecule has 3 aromatic rings. The van der Waals surface area contributed by atoms with E-state index in [9.17, 15) is 4.39 Å². The molecule has 7 nitrogen and oxygen atoms in total. The molecule has 0 aliphatic carbocycles. The van der Waals surface area contributed by atoms with Gasteiger partial charge < -0.3 is 20.8 Å². The summed E-state index contributed by atoms with van der Waals surface area (Å²) in [6.45, 7) is 4.32. The normalized spacial score (nSPS) is 16.3. The molecule has 8 heteroatoms. The second kappa shape index (κ2) is 8.22. The first kappa shape index (κ1) is 20.6. The summed E-state index contributed by atoms with van der Waals surface area (Å²) in [6.07, 6.45) is 5.44. The van der Waals surface area contributed by atoms with Crippen molar-refractivity contribution in [2.75, 3.05) is 12.8 Å². The zero-order valence-corrected chi connectivity index (χ0v) is 17.8. The third-order valence-electron chi connectivity index (χ3n) is 5.42. The Balaban J connectivity index is 2.03. The van der Waals surface area contributed by atoms with Crippen LogP contribution in [0.4, 0.5) is 10.2 Å². The van der Waals surface area contributed by atoms with Crippen LogP contribution >= 0.6 is 0 Å². The van der Waals surface area contributed by atoms with Gasteiger partial charge >= 0.3 is 0 Å². The maximum Gasteiger partial charge on any atom is 0.166 e. The standard InChI is InChI=1S/C23H25FN6O/c1-4-19-22-14-7-20(23(26)28-10-14)31-13(2)18-8-16(24)5-6-17(18)21(25)15(9-27-3)11-30(22)12-29-19/h5-10,12-13H,4,11,25H2,1-3H3,(H2,26,28)/t13-/m1/s1. The van der Waals surface area contributed by atoms with Crippen molar-refractivity contribution in [1.82, 2.24) is 14.5 Å². The maximum absolute atomic E-state index is 14.1. The lowest BCUT2D eigenvalue weighted by Crippen LogP contribution is -2.15. The van der Waals surface area contributed by atoms with Crippen molar-refractivity contribution in [3.8, 4) is 17.0 Å². The minimum Gasteiger partial charge on any atom is -0.482 e. The number of pyridine rings is 1. The highest BCUT2D eigenvalue weighted by Gasteiger charge is 2.22. The predicted molar refractivity (Wildman–Crippen MR) is 120 cm³/mol. The summed E-state index contributed by atoms with van der Waals surface area (Å²) >= 11 is 0. The van der Waals surface area contributed by atoms with E-state index in [4.69, 9.17) is 16.2 Å². The number of benzene rings is 1. The summed E-state index contributed by atoms with van der Waals surface area (Å²) in [5, 5.41) is 0. The van der Waals surface area contributed by atoms with Gasteiger partial charge in [-0.1, -0.05) is 6.92 Å². The van der Waals surface area contributed by atoms with Crippen molar-refractivity contribution in [2.24, 2.45) is 10.7 Å². The number of nitrogen functional groups attached to an aromatic ring is 1. The Morgan fingerprint density at radius 3 is 2.84 bits per heavy atom. The molecule has 4 N–H and O–H groups in total. The number of imidazole rings is 1. The van der Waals surface area contributed by atoms with E-state index in [1.54, 1.807) is 31.9 Å². The van der Waals surface area contributed by atoms with E-state index in [-0.39, 0.29) is 11.6 Å². The average molecular weight is 420 g/mol. The predicted octanol–water partition coefficient (Wildman–Crippen LogP) is 3.75. The van der Waals surface area contributed by atoms with Gasteiger partial charge in [-0.05, 0) is 37.6 Å². The van der Waals surface area contributed by atoms with Gasteiger partial charge in [-0.15, -0.1) is 0 Å². The molecule has 4 rings (SSSR count). The highest BCUT2D eigenvalue weighted by atomic mass is 19.1. The second-order valence-electron chi connectivity index (χ2n) is 7.45. The lowest BCUT2D eigenvalue weighted by Gasteiger charge is -2.22. The van der Waals surface area contributed by atoms with Crippen molar-refractivity contribution >= 4 is 17.7 Å². The number of fused-ring (bicyclic) bond motifs is 5. The van der Waals surface area contributed by atoms with Gasteiger partial charge in [-0.2, -0.15) is 0 Å². The minimum atomic E-state index is -0.515. The first-order valence-electron chi connectivity index (χ1n) is 10.1. The van der Waals surface area contributed by atoms with Gasteiger partial charge in [0, 0.05) is 47.4 Å². The summed E-state index contributed by atoms with van der Waals surface area (Å²) in [7, 11) is 1.69. The van der Waals surface area contributed by atoms with E-state index in [1.165, 1.54) is 12.1 Å². The third-order valence-corrected chi connectivity index (χ3v) is 5.42. The van der Waals surface area contributed by atoms with Crippen LogP contribution in [-0.4, -0.2) is 27.8 Å². The Hall–Kier alpha value is -3.68. The van der Waals surface area contributed by atoms with E-state index in [0.717, 1.165) is 28.9 Å². The fourth-order valence-corrected chi connectivity index (χ4v) is 3.89. The number of nitrogens with zero attached hydrogens (tertiary/aromatic N) is 4. The number of nitrogens with two attached hydrogens (primary N) is 2. The minimum absolute atomic E-state index is 0.261. The molecule has 0 spiro atoms. The fraction of sp³-hybridized carbons (Fsp3) is 0.261. The van der Waals surface area contributed by atoms with Crippen molar-refractivity contribution in [1.29, 1.82) is 0 Å². The van der Waals surface area contributed by atoms with Crippen molar-refractivity contribution < 1.29 is 9.13 Å². The number of allylic oxidation sites excluding steroid dienone is 1. The zero-order valence-electron chi connectivity index (χ0n) is 17.8. The van der Waals surface area contributed by atoms with Crippen LogP contribution in [0, 0.1) is 5.82 Å². The van der Waals surface area contributed by atoms with Gasteiger partial charge in [0.05, 0.1) is 24.3 Å². The molecule has 0 fully saturated rings. The van der Waals surface area contributed by atoms with Crippen LogP contribution in [0.3, 0.4) is 0 Å². The summed E-state index contributed by atoms with van der Waals surface area (Å²) in [4.78, 5) is 13.1. The van der Waals surface area contributed by atoms with E-state index >= 15 is 0 Å². The topological polar surface area (TPSA) is 104 Å². The van der Waals surface area contributed by atoms with Crippen LogP contribution in [0.2, 0.25) is 0 Å². The molecule has 1 aromatic carbocycles. The summed E-state index contributed by atoms with van der Waals surface area (Å²) < 4.78 is 22.3. The second-order valence-corrected chi connectivity index (χ2v) is 7.45. The van der Waals surface area contributed by atoms with Gasteiger partial charge in [0.2, 0.25) is 0 Å². The number of hydrogen-bond acceptors (Lipinski definition) is 6. The molecule has 3 heterocycles. The molecule has 0 saturated carbocycles. The van der Waals surface area contributed by atoms with Crippen LogP contribution in [0.1, 0.15) is 36.8 Å². The Labute approximate surface area is 180 Å². The summed E-state index contributed by atoms with van der Waals surface area (Å²) in [6, 6.07) is 6.34. The smallest absolute Gasteiger partial charge is 0.166 e. The van der Waals surface area contributed by atoms with Crippen molar-refractivity contribution in [3.05, 3.63) is 65.0 Å². The average Bonchev–Trinajstić information content (AvgIpc) is 3.16. The number of anilines is 1. The Morgan fingerprint density at radius 2 is 2.10 bits per heavy atom.